The summed E-state index contributed by atoms with van der Waals surface area (Å²) < 4.78 is 18.1. The number of benzene rings is 1. The molecule has 126 valence electrons. The Hall–Kier alpha value is -2.48. The van der Waals surface area contributed by atoms with Gasteiger partial charge in [-0.15, -0.1) is 0 Å². The van der Waals surface area contributed by atoms with Gasteiger partial charge in [-0.25, -0.2) is 14.2 Å². The fourth-order valence-corrected chi connectivity index (χ4v) is 3.49. The number of amides is 2. The highest BCUT2D eigenvalue weighted by atomic mass is 32.1. The number of thiazole rings is 1. The highest BCUT2D eigenvalue weighted by Gasteiger charge is 2.25. The van der Waals surface area contributed by atoms with Crippen LogP contribution < -0.4 is 5.32 Å². The number of hydrogen-bond donors (Lipinski definition) is 1. The van der Waals surface area contributed by atoms with Gasteiger partial charge in [0.1, 0.15) is 5.82 Å². The van der Waals surface area contributed by atoms with E-state index in [2.05, 4.69) is 10.3 Å². The maximum atomic E-state index is 13.3. The lowest BCUT2D eigenvalue weighted by Crippen LogP contribution is -2.35. The first-order valence-electron chi connectivity index (χ1n) is 7.54. The number of nitrogens with one attached hydrogen (secondary N) is 1. The summed E-state index contributed by atoms with van der Waals surface area (Å²) in [5.41, 5.74) is 1.20. The quantitative estimate of drug-likeness (QED) is 0.924. The SMILES string of the molecule is CCOC(=O)Nc1nc2c(s1)CN(C(=O)c1cccc(F)c1)CC2. The number of hydrogen-bond acceptors (Lipinski definition) is 5. The van der Waals surface area contributed by atoms with Gasteiger partial charge in [-0.3, -0.25) is 10.1 Å². The summed E-state index contributed by atoms with van der Waals surface area (Å²) >= 11 is 1.32. The number of nitrogens with zero attached hydrogens (tertiary/aromatic N) is 2. The summed E-state index contributed by atoms with van der Waals surface area (Å²) in [5, 5.41) is 3.03. The highest BCUT2D eigenvalue weighted by molar-refractivity contribution is 7.15. The van der Waals surface area contributed by atoms with Gasteiger partial charge >= 0.3 is 6.09 Å². The maximum absolute atomic E-state index is 13.3. The second-order valence-electron chi connectivity index (χ2n) is 5.22. The van der Waals surface area contributed by atoms with E-state index in [0.717, 1.165) is 10.6 Å². The molecule has 0 radical (unpaired) electrons. The topological polar surface area (TPSA) is 71.5 Å². The van der Waals surface area contributed by atoms with Crippen molar-refractivity contribution in [3.63, 3.8) is 0 Å². The van der Waals surface area contributed by atoms with Gasteiger partial charge in [0, 0.05) is 23.4 Å². The molecule has 2 amide bonds. The van der Waals surface area contributed by atoms with Crippen molar-refractivity contribution in [2.75, 3.05) is 18.5 Å². The van der Waals surface area contributed by atoms with E-state index in [0.29, 0.717) is 30.2 Å². The largest absolute Gasteiger partial charge is 0.450 e. The van der Waals surface area contributed by atoms with Crippen LogP contribution in [0.2, 0.25) is 0 Å². The van der Waals surface area contributed by atoms with E-state index in [9.17, 15) is 14.0 Å². The van der Waals surface area contributed by atoms with Gasteiger partial charge in [0.2, 0.25) is 0 Å². The first kappa shape index (κ1) is 16.4. The highest BCUT2D eigenvalue weighted by Crippen LogP contribution is 2.29. The first-order chi connectivity index (χ1) is 11.6. The van der Waals surface area contributed by atoms with E-state index < -0.39 is 11.9 Å². The fourth-order valence-electron chi connectivity index (χ4n) is 2.48. The van der Waals surface area contributed by atoms with E-state index in [1.165, 1.54) is 29.5 Å². The third kappa shape index (κ3) is 3.53. The molecule has 0 fully saturated rings. The predicted molar refractivity (Wildman–Crippen MR) is 87.6 cm³/mol. The number of rotatable bonds is 3. The summed E-state index contributed by atoms with van der Waals surface area (Å²) in [6.45, 7) is 2.91. The van der Waals surface area contributed by atoms with Crippen LogP contribution in [0.15, 0.2) is 24.3 Å². The average Bonchev–Trinajstić information content (AvgIpc) is 2.95. The number of anilines is 1. The number of ether oxygens (including phenoxy) is 1. The van der Waals surface area contributed by atoms with Gasteiger partial charge < -0.3 is 9.64 Å². The van der Waals surface area contributed by atoms with Crippen LogP contribution in [0.25, 0.3) is 0 Å². The van der Waals surface area contributed by atoms with Crippen LogP contribution in [0.1, 0.15) is 27.9 Å². The molecule has 3 rings (SSSR count). The van der Waals surface area contributed by atoms with Crippen molar-refractivity contribution < 1.29 is 18.7 Å². The Morgan fingerprint density at radius 3 is 3.04 bits per heavy atom. The van der Waals surface area contributed by atoms with Crippen LogP contribution in [0.3, 0.4) is 0 Å². The molecule has 1 aliphatic heterocycles. The van der Waals surface area contributed by atoms with Crippen LogP contribution in [0, 0.1) is 5.82 Å². The van der Waals surface area contributed by atoms with E-state index >= 15 is 0 Å². The second kappa shape index (κ2) is 6.96. The average molecular weight is 349 g/mol. The number of aromatic nitrogens is 1. The minimum absolute atomic E-state index is 0.214. The van der Waals surface area contributed by atoms with Crippen LogP contribution in [-0.4, -0.2) is 35.0 Å². The second-order valence-corrected chi connectivity index (χ2v) is 6.31. The molecule has 0 saturated heterocycles. The molecule has 1 N–H and O–H groups in total. The minimum atomic E-state index is -0.545. The molecule has 1 aliphatic rings. The molecule has 0 spiro atoms. The molecular formula is C16H16FN3O3S. The molecule has 2 aromatic rings. The lowest BCUT2D eigenvalue weighted by Gasteiger charge is -2.26. The molecule has 8 heteroatoms. The Morgan fingerprint density at radius 1 is 1.46 bits per heavy atom. The Morgan fingerprint density at radius 2 is 2.29 bits per heavy atom. The molecular weight excluding hydrogens is 333 g/mol. The standard InChI is InChI=1S/C16H16FN3O3S/c1-2-23-16(22)19-15-18-12-6-7-20(9-13(12)24-15)14(21)10-4-3-5-11(17)8-10/h3-5,8H,2,6-7,9H2,1H3,(H,18,19,22). The molecule has 0 unspecified atom stereocenters. The predicted octanol–water partition coefficient (Wildman–Crippen LogP) is 3.05. The van der Waals surface area contributed by atoms with Gasteiger partial charge in [0.05, 0.1) is 18.8 Å². The lowest BCUT2D eigenvalue weighted by atomic mass is 10.1. The molecule has 1 aromatic carbocycles. The molecule has 0 atom stereocenters. The van der Waals surface area contributed by atoms with Gasteiger partial charge in [-0.05, 0) is 25.1 Å². The monoisotopic (exact) mass is 349 g/mol. The van der Waals surface area contributed by atoms with Gasteiger partial charge in [-0.2, -0.15) is 0 Å². The summed E-state index contributed by atoms with van der Waals surface area (Å²) in [4.78, 5) is 30.9. The maximum Gasteiger partial charge on any atom is 0.413 e. The number of carbonyl (C=O) groups excluding carboxylic acids is 2. The van der Waals surface area contributed by atoms with Crippen LogP contribution >= 0.6 is 11.3 Å². The number of fused-ring (bicyclic) bond motifs is 1. The van der Waals surface area contributed by atoms with Gasteiger partial charge in [-0.1, -0.05) is 17.4 Å². The molecule has 6 nitrogen and oxygen atoms in total. The zero-order valence-corrected chi connectivity index (χ0v) is 13.9. The normalized spacial score (nSPS) is 13.3. The van der Waals surface area contributed by atoms with Crippen molar-refractivity contribution in [1.82, 2.24) is 9.88 Å². The molecule has 1 aromatic heterocycles. The van der Waals surface area contributed by atoms with Crippen molar-refractivity contribution in [3.05, 3.63) is 46.2 Å². The fraction of sp³-hybridized carbons (Fsp3) is 0.312. The summed E-state index contributed by atoms with van der Waals surface area (Å²) in [6.07, 6.45) is 0.0495. The molecule has 2 heterocycles. The molecule has 0 saturated carbocycles. The minimum Gasteiger partial charge on any atom is -0.450 e. The van der Waals surface area contributed by atoms with E-state index in [1.807, 2.05) is 0 Å². The zero-order chi connectivity index (χ0) is 17.1. The molecule has 0 aliphatic carbocycles. The Kier molecular flexibility index (Phi) is 4.75. The van der Waals surface area contributed by atoms with Crippen molar-refractivity contribution >= 4 is 28.5 Å². The van der Waals surface area contributed by atoms with E-state index in [1.54, 1.807) is 17.9 Å². The lowest BCUT2D eigenvalue weighted by molar-refractivity contribution is 0.0735. The Bertz CT molecular complexity index is 778. The van der Waals surface area contributed by atoms with Gasteiger partial charge in [0.25, 0.3) is 5.91 Å². The molecule has 0 bridgehead atoms. The summed E-state index contributed by atoms with van der Waals surface area (Å²) in [7, 11) is 0. The summed E-state index contributed by atoms with van der Waals surface area (Å²) in [5.74, 6) is -0.647. The zero-order valence-electron chi connectivity index (χ0n) is 13.0. The third-order valence-corrected chi connectivity index (χ3v) is 4.57. The van der Waals surface area contributed by atoms with Crippen LogP contribution in [-0.2, 0) is 17.7 Å². The van der Waals surface area contributed by atoms with Crippen molar-refractivity contribution in [2.45, 2.75) is 19.9 Å². The Labute approximate surface area is 142 Å². The number of halogens is 1. The Balaban J connectivity index is 1.71. The van der Waals surface area contributed by atoms with E-state index in [-0.39, 0.29) is 12.5 Å². The number of carbonyl (C=O) groups is 2. The van der Waals surface area contributed by atoms with E-state index in [4.69, 9.17) is 4.74 Å². The third-order valence-electron chi connectivity index (χ3n) is 3.57. The summed E-state index contributed by atoms with van der Waals surface area (Å²) in [6, 6.07) is 5.66. The van der Waals surface area contributed by atoms with Crippen molar-refractivity contribution in [2.24, 2.45) is 0 Å². The van der Waals surface area contributed by atoms with Crippen molar-refractivity contribution in [1.29, 1.82) is 0 Å². The van der Waals surface area contributed by atoms with Gasteiger partial charge in [0.15, 0.2) is 5.13 Å². The molecule has 24 heavy (non-hydrogen) atoms. The van der Waals surface area contributed by atoms with Crippen molar-refractivity contribution in [3.8, 4) is 0 Å². The van der Waals surface area contributed by atoms with Crippen LogP contribution in [0.4, 0.5) is 14.3 Å². The first-order valence-corrected chi connectivity index (χ1v) is 8.35. The van der Waals surface area contributed by atoms with Crippen LogP contribution in [0.5, 0.6) is 0 Å². The smallest absolute Gasteiger partial charge is 0.413 e.